The third-order valence-corrected chi connectivity index (χ3v) is 6.58. The van der Waals surface area contributed by atoms with Gasteiger partial charge >= 0.3 is 0 Å². The number of sulfonamides is 1. The summed E-state index contributed by atoms with van der Waals surface area (Å²) in [5.74, 6) is -0.471. The van der Waals surface area contributed by atoms with Crippen LogP contribution in [0.1, 0.15) is 5.56 Å². The van der Waals surface area contributed by atoms with E-state index in [0.717, 1.165) is 18.8 Å². The molecule has 0 saturated carbocycles. The third kappa shape index (κ3) is 4.59. The molecular weight excluding hydrogens is 365 g/mol. The van der Waals surface area contributed by atoms with E-state index >= 15 is 0 Å². The summed E-state index contributed by atoms with van der Waals surface area (Å²) < 4.78 is 41.3. The second kappa shape index (κ2) is 8.27. The minimum absolute atomic E-state index is 0.111. The first-order chi connectivity index (χ1) is 12.9. The van der Waals surface area contributed by atoms with Crippen LogP contribution in [0.15, 0.2) is 48.5 Å². The summed E-state index contributed by atoms with van der Waals surface area (Å²) in [5, 5.41) is 0. The number of likely N-dealkylation sites (N-methyl/N-ethyl adjacent to an activating group) is 1. The highest BCUT2D eigenvalue weighted by Gasteiger charge is 2.30. The summed E-state index contributed by atoms with van der Waals surface area (Å²) in [4.78, 5) is 4.33. The van der Waals surface area contributed by atoms with Crippen molar-refractivity contribution in [2.45, 2.75) is 6.42 Å². The Hall–Kier alpha value is -2.12. The third-order valence-electron chi connectivity index (χ3n) is 4.80. The molecule has 146 valence electrons. The SMILES string of the molecule is CN(C)CCN1CCN(S(=O)(=O)CCc2ccccc2F)c2ccccc21. The van der Waals surface area contributed by atoms with Gasteiger partial charge in [-0.05, 0) is 44.3 Å². The molecule has 0 N–H and O–H groups in total. The van der Waals surface area contributed by atoms with Gasteiger partial charge in [0.25, 0.3) is 0 Å². The molecule has 2 aromatic rings. The Morgan fingerprint density at radius 2 is 1.67 bits per heavy atom. The van der Waals surface area contributed by atoms with Crippen LogP contribution < -0.4 is 9.21 Å². The number of benzene rings is 2. The van der Waals surface area contributed by atoms with Crippen LogP contribution >= 0.6 is 0 Å². The zero-order chi connectivity index (χ0) is 19.4. The first kappa shape index (κ1) is 19.6. The Labute approximate surface area is 161 Å². The molecule has 27 heavy (non-hydrogen) atoms. The first-order valence-corrected chi connectivity index (χ1v) is 10.7. The molecule has 3 rings (SSSR count). The van der Waals surface area contributed by atoms with Crippen LogP contribution in [-0.4, -0.2) is 59.3 Å². The zero-order valence-electron chi connectivity index (χ0n) is 15.8. The van der Waals surface area contributed by atoms with Crippen molar-refractivity contribution in [3.05, 3.63) is 59.9 Å². The number of rotatable bonds is 7. The van der Waals surface area contributed by atoms with Crippen molar-refractivity contribution in [1.82, 2.24) is 4.90 Å². The van der Waals surface area contributed by atoms with E-state index in [2.05, 4.69) is 9.80 Å². The topological polar surface area (TPSA) is 43.9 Å². The maximum Gasteiger partial charge on any atom is 0.235 e. The van der Waals surface area contributed by atoms with Gasteiger partial charge in [0.05, 0.1) is 23.7 Å². The van der Waals surface area contributed by atoms with Crippen LogP contribution in [0.3, 0.4) is 0 Å². The van der Waals surface area contributed by atoms with Gasteiger partial charge in [-0.1, -0.05) is 30.3 Å². The Morgan fingerprint density at radius 1 is 1.00 bits per heavy atom. The molecule has 0 saturated heterocycles. The standard InChI is InChI=1S/C20H26FN3O2S/c1-22(2)12-13-23-14-15-24(20-10-6-5-9-19(20)23)27(25,26)16-11-17-7-3-4-8-18(17)21/h3-10H,11-16H2,1-2H3. The van der Waals surface area contributed by atoms with E-state index in [-0.39, 0.29) is 18.0 Å². The van der Waals surface area contributed by atoms with Gasteiger partial charge in [0.1, 0.15) is 5.82 Å². The quantitative estimate of drug-likeness (QED) is 0.728. The van der Waals surface area contributed by atoms with Gasteiger partial charge in [-0.2, -0.15) is 0 Å². The highest BCUT2D eigenvalue weighted by Crippen LogP contribution is 2.34. The number of hydrogen-bond donors (Lipinski definition) is 0. The minimum Gasteiger partial charge on any atom is -0.367 e. The number of aryl methyl sites for hydroxylation is 1. The summed E-state index contributed by atoms with van der Waals surface area (Å²) in [7, 11) is 0.509. The van der Waals surface area contributed by atoms with Gasteiger partial charge in [-0.15, -0.1) is 0 Å². The molecule has 1 aliphatic heterocycles. The van der Waals surface area contributed by atoms with Crippen molar-refractivity contribution in [2.24, 2.45) is 0 Å². The van der Waals surface area contributed by atoms with Gasteiger partial charge in [0, 0.05) is 19.6 Å². The molecule has 0 radical (unpaired) electrons. The summed E-state index contributed by atoms with van der Waals surface area (Å²) >= 11 is 0. The van der Waals surface area contributed by atoms with E-state index in [1.807, 2.05) is 38.4 Å². The Bertz CT molecular complexity index is 886. The summed E-state index contributed by atoms with van der Waals surface area (Å²) in [6.07, 6.45) is 0.165. The number of anilines is 2. The first-order valence-electron chi connectivity index (χ1n) is 9.11. The maximum absolute atomic E-state index is 13.8. The average molecular weight is 392 g/mol. The molecule has 0 atom stereocenters. The van der Waals surface area contributed by atoms with Crippen LogP contribution in [-0.2, 0) is 16.4 Å². The van der Waals surface area contributed by atoms with Gasteiger partial charge in [0.15, 0.2) is 0 Å². The average Bonchev–Trinajstić information content (AvgIpc) is 2.65. The van der Waals surface area contributed by atoms with Crippen molar-refractivity contribution >= 4 is 21.4 Å². The van der Waals surface area contributed by atoms with E-state index in [1.54, 1.807) is 18.2 Å². The van der Waals surface area contributed by atoms with Crippen LogP contribution in [0.2, 0.25) is 0 Å². The lowest BCUT2D eigenvalue weighted by molar-refractivity contribution is 0.413. The lowest BCUT2D eigenvalue weighted by Crippen LogP contribution is -2.46. The highest BCUT2D eigenvalue weighted by molar-refractivity contribution is 7.92. The molecule has 0 amide bonds. The second-order valence-electron chi connectivity index (χ2n) is 7.01. The number of fused-ring (bicyclic) bond motifs is 1. The fraction of sp³-hybridized carbons (Fsp3) is 0.400. The molecular formula is C20H26FN3O2S. The Morgan fingerprint density at radius 3 is 2.37 bits per heavy atom. The second-order valence-corrected chi connectivity index (χ2v) is 9.02. The van der Waals surface area contributed by atoms with Gasteiger partial charge in [-0.25, -0.2) is 12.8 Å². The molecule has 5 nitrogen and oxygen atoms in total. The van der Waals surface area contributed by atoms with Crippen LogP contribution in [0.4, 0.5) is 15.8 Å². The van der Waals surface area contributed by atoms with Gasteiger partial charge in [-0.3, -0.25) is 4.31 Å². The highest BCUT2D eigenvalue weighted by atomic mass is 32.2. The fourth-order valence-corrected chi connectivity index (χ4v) is 4.80. The van der Waals surface area contributed by atoms with Crippen molar-refractivity contribution in [1.29, 1.82) is 0 Å². The molecule has 1 aliphatic rings. The van der Waals surface area contributed by atoms with Crippen molar-refractivity contribution < 1.29 is 12.8 Å². The molecule has 0 aliphatic carbocycles. The van der Waals surface area contributed by atoms with Crippen LogP contribution in [0.5, 0.6) is 0 Å². The molecule has 0 aromatic heterocycles. The van der Waals surface area contributed by atoms with Crippen LogP contribution in [0, 0.1) is 5.82 Å². The number of nitrogens with zero attached hydrogens (tertiary/aromatic N) is 3. The Kier molecular flexibility index (Phi) is 6.01. The smallest absolute Gasteiger partial charge is 0.235 e. The number of halogens is 1. The van der Waals surface area contributed by atoms with Crippen molar-refractivity contribution in [3.8, 4) is 0 Å². The van der Waals surface area contributed by atoms with E-state index in [0.29, 0.717) is 24.3 Å². The van der Waals surface area contributed by atoms with Gasteiger partial charge in [0.2, 0.25) is 10.0 Å². The molecule has 0 bridgehead atoms. The molecule has 2 aromatic carbocycles. The lowest BCUT2D eigenvalue weighted by atomic mass is 10.2. The van der Waals surface area contributed by atoms with Gasteiger partial charge < -0.3 is 9.80 Å². The monoisotopic (exact) mass is 391 g/mol. The summed E-state index contributed by atoms with van der Waals surface area (Å²) in [6.45, 7) is 2.79. The number of hydrogen-bond acceptors (Lipinski definition) is 4. The molecule has 1 heterocycles. The molecule has 0 fully saturated rings. The van der Waals surface area contributed by atoms with Crippen LogP contribution in [0.25, 0.3) is 0 Å². The zero-order valence-corrected chi connectivity index (χ0v) is 16.6. The summed E-state index contributed by atoms with van der Waals surface area (Å²) in [5.41, 5.74) is 2.06. The lowest BCUT2D eigenvalue weighted by Gasteiger charge is -2.38. The fourth-order valence-electron chi connectivity index (χ4n) is 3.29. The Balaban J connectivity index is 1.79. The van der Waals surface area contributed by atoms with E-state index < -0.39 is 10.0 Å². The summed E-state index contributed by atoms with van der Waals surface area (Å²) in [6, 6.07) is 13.9. The van der Waals surface area contributed by atoms with E-state index in [4.69, 9.17) is 0 Å². The normalized spacial score (nSPS) is 14.5. The van der Waals surface area contributed by atoms with E-state index in [9.17, 15) is 12.8 Å². The molecule has 0 spiro atoms. The van der Waals surface area contributed by atoms with Crippen molar-refractivity contribution in [3.63, 3.8) is 0 Å². The maximum atomic E-state index is 13.8. The van der Waals surface area contributed by atoms with E-state index in [1.165, 1.54) is 10.4 Å². The molecule has 0 unspecified atom stereocenters. The number of para-hydroxylation sites is 2. The largest absolute Gasteiger partial charge is 0.367 e. The molecule has 7 heteroatoms. The van der Waals surface area contributed by atoms with Crippen molar-refractivity contribution in [2.75, 3.05) is 55.2 Å². The predicted molar refractivity (Wildman–Crippen MR) is 108 cm³/mol. The minimum atomic E-state index is -3.54. The predicted octanol–water partition coefficient (Wildman–Crippen LogP) is 2.59.